The first-order chi connectivity index (χ1) is 12.1. The zero-order valence-electron chi connectivity index (χ0n) is 15.2. The van der Waals surface area contributed by atoms with Crippen LogP contribution in [0.3, 0.4) is 0 Å². The Labute approximate surface area is 154 Å². The summed E-state index contributed by atoms with van der Waals surface area (Å²) >= 11 is 1.68. The number of amides is 2. The Morgan fingerprint density at radius 2 is 1.88 bits per heavy atom. The minimum atomic E-state index is 0.160. The van der Waals surface area contributed by atoms with Crippen molar-refractivity contribution in [1.82, 2.24) is 14.7 Å². The highest BCUT2D eigenvalue weighted by Gasteiger charge is 2.30. The molecule has 0 bridgehead atoms. The summed E-state index contributed by atoms with van der Waals surface area (Å²) in [6, 6.07) is 4.08. The SMILES string of the molecule is CN(Cc1cccs1)C(=O)CN1CCC(C(=O)N2CCCCC2)CC1. The first kappa shape index (κ1) is 18.4. The van der Waals surface area contributed by atoms with Gasteiger partial charge in [-0.15, -0.1) is 11.3 Å². The molecule has 2 amide bonds. The number of thiophene rings is 1. The maximum absolute atomic E-state index is 12.6. The molecule has 3 heterocycles. The number of carbonyl (C=O) groups is 2. The van der Waals surface area contributed by atoms with Gasteiger partial charge in [-0.05, 0) is 56.6 Å². The molecule has 0 radical (unpaired) electrons. The zero-order chi connectivity index (χ0) is 17.6. The van der Waals surface area contributed by atoms with Gasteiger partial charge in [-0.2, -0.15) is 0 Å². The molecule has 0 aliphatic carbocycles. The number of nitrogens with zero attached hydrogens (tertiary/aromatic N) is 3. The van der Waals surface area contributed by atoms with Gasteiger partial charge in [0.1, 0.15) is 0 Å². The fourth-order valence-electron chi connectivity index (χ4n) is 3.75. The van der Waals surface area contributed by atoms with E-state index in [9.17, 15) is 9.59 Å². The van der Waals surface area contributed by atoms with E-state index in [0.29, 0.717) is 19.0 Å². The molecule has 6 heteroatoms. The van der Waals surface area contributed by atoms with Gasteiger partial charge in [0, 0.05) is 30.9 Å². The summed E-state index contributed by atoms with van der Waals surface area (Å²) in [5.41, 5.74) is 0. The van der Waals surface area contributed by atoms with Crippen molar-refractivity contribution in [3.63, 3.8) is 0 Å². The lowest BCUT2D eigenvalue weighted by Gasteiger charge is -2.35. The Hall–Kier alpha value is -1.40. The average molecular weight is 364 g/mol. The topological polar surface area (TPSA) is 43.9 Å². The third kappa shape index (κ3) is 5.05. The second kappa shape index (κ2) is 8.81. The molecule has 5 nitrogen and oxygen atoms in total. The Morgan fingerprint density at radius 1 is 1.16 bits per heavy atom. The molecule has 2 aliphatic heterocycles. The van der Waals surface area contributed by atoms with Crippen LogP contribution in [0.1, 0.15) is 37.0 Å². The Morgan fingerprint density at radius 3 is 2.52 bits per heavy atom. The minimum Gasteiger partial charge on any atom is -0.342 e. The van der Waals surface area contributed by atoms with Gasteiger partial charge in [0.05, 0.1) is 13.1 Å². The first-order valence-corrected chi connectivity index (χ1v) is 10.3. The van der Waals surface area contributed by atoms with Crippen molar-refractivity contribution in [3.8, 4) is 0 Å². The van der Waals surface area contributed by atoms with Gasteiger partial charge in [0.25, 0.3) is 0 Å². The number of hydrogen-bond donors (Lipinski definition) is 0. The van der Waals surface area contributed by atoms with Crippen LogP contribution in [-0.2, 0) is 16.1 Å². The first-order valence-electron chi connectivity index (χ1n) is 9.41. The molecule has 0 aromatic carbocycles. The van der Waals surface area contributed by atoms with Crippen LogP contribution in [0, 0.1) is 5.92 Å². The lowest BCUT2D eigenvalue weighted by molar-refractivity contribution is -0.138. The highest BCUT2D eigenvalue weighted by Crippen LogP contribution is 2.22. The number of likely N-dealkylation sites (tertiary alicyclic amines) is 2. The molecule has 3 rings (SSSR count). The smallest absolute Gasteiger partial charge is 0.236 e. The van der Waals surface area contributed by atoms with Crippen LogP contribution in [0.25, 0.3) is 0 Å². The van der Waals surface area contributed by atoms with Crippen molar-refractivity contribution >= 4 is 23.2 Å². The lowest BCUT2D eigenvalue weighted by atomic mass is 9.94. The molecule has 138 valence electrons. The molecule has 2 saturated heterocycles. The number of rotatable bonds is 5. The fraction of sp³-hybridized carbons (Fsp3) is 0.684. The van der Waals surface area contributed by atoms with E-state index in [1.165, 1.54) is 11.3 Å². The second-order valence-electron chi connectivity index (χ2n) is 7.27. The fourth-order valence-corrected chi connectivity index (χ4v) is 4.50. The van der Waals surface area contributed by atoms with E-state index < -0.39 is 0 Å². The van der Waals surface area contributed by atoms with Crippen molar-refractivity contribution in [1.29, 1.82) is 0 Å². The van der Waals surface area contributed by atoms with Crippen LogP contribution < -0.4 is 0 Å². The standard InChI is InChI=1S/C19H29N3O2S/c1-20(14-17-6-5-13-25-17)18(23)15-21-11-7-16(8-12-21)19(24)22-9-3-2-4-10-22/h5-6,13,16H,2-4,7-12,14-15H2,1H3. The number of piperidine rings is 2. The molecule has 1 aromatic rings. The molecule has 0 N–H and O–H groups in total. The highest BCUT2D eigenvalue weighted by molar-refractivity contribution is 7.09. The van der Waals surface area contributed by atoms with Gasteiger partial charge in [0.2, 0.25) is 11.8 Å². The Kier molecular flexibility index (Phi) is 6.48. The third-order valence-electron chi connectivity index (χ3n) is 5.36. The van der Waals surface area contributed by atoms with Crippen molar-refractivity contribution in [2.24, 2.45) is 5.92 Å². The van der Waals surface area contributed by atoms with E-state index in [2.05, 4.69) is 15.9 Å². The van der Waals surface area contributed by atoms with Crippen molar-refractivity contribution < 1.29 is 9.59 Å². The average Bonchev–Trinajstić information content (AvgIpc) is 3.15. The quantitative estimate of drug-likeness (QED) is 0.807. The summed E-state index contributed by atoms with van der Waals surface area (Å²) in [5.74, 6) is 0.669. The summed E-state index contributed by atoms with van der Waals surface area (Å²) < 4.78 is 0. The van der Waals surface area contributed by atoms with E-state index in [-0.39, 0.29) is 11.8 Å². The summed E-state index contributed by atoms with van der Waals surface area (Å²) in [6.45, 7) is 4.72. The van der Waals surface area contributed by atoms with Crippen molar-refractivity contribution in [3.05, 3.63) is 22.4 Å². The molecule has 2 aliphatic rings. The van der Waals surface area contributed by atoms with Crippen LogP contribution in [0.4, 0.5) is 0 Å². The minimum absolute atomic E-state index is 0.160. The predicted molar refractivity (Wildman–Crippen MR) is 100 cm³/mol. The van der Waals surface area contributed by atoms with E-state index in [1.807, 2.05) is 18.5 Å². The maximum Gasteiger partial charge on any atom is 0.236 e. The molecule has 25 heavy (non-hydrogen) atoms. The van der Waals surface area contributed by atoms with Gasteiger partial charge in [-0.3, -0.25) is 14.5 Å². The van der Waals surface area contributed by atoms with Crippen LogP contribution in [0.5, 0.6) is 0 Å². The van der Waals surface area contributed by atoms with Gasteiger partial charge < -0.3 is 9.80 Å². The van der Waals surface area contributed by atoms with Gasteiger partial charge in [0.15, 0.2) is 0 Å². The highest BCUT2D eigenvalue weighted by atomic mass is 32.1. The molecule has 0 spiro atoms. The molecular weight excluding hydrogens is 334 g/mol. The van der Waals surface area contributed by atoms with Gasteiger partial charge >= 0.3 is 0 Å². The Balaban J connectivity index is 1.41. The van der Waals surface area contributed by atoms with Crippen LogP contribution in [0.15, 0.2) is 17.5 Å². The van der Waals surface area contributed by atoms with Crippen molar-refractivity contribution in [2.75, 3.05) is 39.8 Å². The van der Waals surface area contributed by atoms with Crippen LogP contribution in [-0.4, -0.2) is 66.3 Å². The third-order valence-corrected chi connectivity index (χ3v) is 6.22. The summed E-state index contributed by atoms with van der Waals surface area (Å²) in [4.78, 5) is 32.3. The van der Waals surface area contributed by atoms with Crippen LogP contribution >= 0.6 is 11.3 Å². The summed E-state index contributed by atoms with van der Waals surface area (Å²) in [5, 5.41) is 2.04. The van der Waals surface area contributed by atoms with E-state index in [1.54, 1.807) is 16.2 Å². The van der Waals surface area contributed by atoms with E-state index in [4.69, 9.17) is 0 Å². The number of hydrogen-bond acceptors (Lipinski definition) is 4. The largest absolute Gasteiger partial charge is 0.342 e. The maximum atomic E-state index is 12.6. The molecule has 2 fully saturated rings. The monoisotopic (exact) mass is 363 g/mol. The van der Waals surface area contributed by atoms with Gasteiger partial charge in [-0.1, -0.05) is 6.07 Å². The normalized spacial score (nSPS) is 19.8. The zero-order valence-corrected chi connectivity index (χ0v) is 16.0. The van der Waals surface area contributed by atoms with Crippen LogP contribution in [0.2, 0.25) is 0 Å². The predicted octanol–water partition coefficient (Wildman–Crippen LogP) is 2.43. The summed E-state index contributed by atoms with van der Waals surface area (Å²) in [7, 11) is 1.87. The van der Waals surface area contributed by atoms with E-state index >= 15 is 0 Å². The summed E-state index contributed by atoms with van der Waals surface area (Å²) in [6.07, 6.45) is 5.32. The number of carbonyl (C=O) groups excluding carboxylic acids is 2. The van der Waals surface area contributed by atoms with Gasteiger partial charge in [-0.25, -0.2) is 0 Å². The second-order valence-corrected chi connectivity index (χ2v) is 8.30. The molecule has 0 unspecified atom stereocenters. The molecule has 0 saturated carbocycles. The molecule has 1 aromatic heterocycles. The lowest BCUT2D eigenvalue weighted by Crippen LogP contribution is -2.46. The number of likely N-dealkylation sites (N-methyl/N-ethyl adjacent to an activating group) is 1. The van der Waals surface area contributed by atoms with E-state index in [0.717, 1.165) is 51.9 Å². The molecular formula is C19H29N3O2S. The molecule has 0 atom stereocenters. The van der Waals surface area contributed by atoms with Crippen molar-refractivity contribution in [2.45, 2.75) is 38.6 Å². The Bertz CT molecular complexity index is 561.